The molecule has 2 N–H and O–H groups in total. The van der Waals surface area contributed by atoms with Crippen molar-refractivity contribution in [3.05, 3.63) is 0 Å². The summed E-state index contributed by atoms with van der Waals surface area (Å²) >= 11 is 0. The average molecular weight is 307 g/mol. The van der Waals surface area contributed by atoms with Crippen LogP contribution in [0.1, 0.15) is 0 Å². The molecular weight excluding hydrogens is 286 g/mol. The third-order valence-electron chi connectivity index (χ3n) is 2.97. The van der Waals surface area contributed by atoms with Gasteiger partial charge < -0.3 is 5.32 Å². The molecule has 116 valence electrons. The molecule has 1 aliphatic heterocycles. The Hall–Kier alpha value is -1.23. The topological polar surface area (TPSA) is 102 Å². The lowest BCUT2D eigenvalue weighted by atomic mass is 10.3. The number of piperazine rings is 1. The largest absolute Gasteiger partial charge is 0.341 e. The molecule has 0 saturated carbocycles. The Morgan fingerprint density at radius 3 is 2.15 bits per heavy atom. The Balaban J connectivity index is 2.43. The molecule has 0 spiro atoms. The fourth-order valence-electron chi connectivity index (χ4n) is 1.78. The summed E-state index contributed by atoms with van der Waals surface area (Å²) in [6.45, 7) is 1.63. The van der Waals surface area contributed by atoms with Gasteiger partial charge in [0.15, 0.2) is 0 Å². The average Bonchev–Trinajstić information content (AvgIpc) is 2.38. The number of imide groups is 1. The Morgan fingerprint density at radius 1 is 1.15 bits per heavy atom. The Labute approximate surface area is 119 Å². The van der Waals surface area contributed by atoms with E-state index in [1.165, 1.54) is 29.8 Å². The minimum Gasteiger partial charge on any atom is -0.341 e. The van der Waals surface area contributed by atoms with E-state index in [2.05, 4.69) is 10.6 Å². The van der Waals surface area contributed by atoms with Crippen LogP contribution in [0.15, 0.2) is 0 Å². The number of nitrogens with one attached hydrogen (secondary N) is 2. The van der Waals surface area contributed by atoms with E-state index < -0.39 is 22.1 Å². The molecule has 1 heterocycles. The van der Waals surface area contributed by atoms with E-state index in [4.69, 9.17) is 0 Å². The van der Waals surface area contributed by atoms with Crippen molar-refractivity contribution in [2.24, 2.45) is 0 Å². The van der Waals surface area contributed by atoms with Crippen LogP contribution in [0.2, 0.25) is 0 Å². The Kier molecular flexibility index (Phi) is 5.87. The highest BCUT2D eigenvalue weighted by molar-refractivity contribution is 7.86. The van der Waals surface area contributed by atoms with Gasteiger partial charge in [0.2, 0.25) is 5.91 Å². The van der Waals surface area contributed by atoms with Gasteiger partial charge in [-0.15, -0.1) is 0 Å². The Morgan fingerprint density at radius 2 is 1.70 bits per heavy atom. The number of carbonyl (C=O) groups excluding carboxylic acids is 2. The molecule has 9 nitrogen and oxygen atoms in total. The van der Waals surface area contributed by atoms with Crippen LogP contribution in [-0.2, 0) is 15.0 Å². The van der Waals surface area contributed by atoms with E-state index in [1.807, 2.05) is 0 Å². The number of carbonyl (C=O) groups is 2. The fraction of sp³-hybridized carbons (Fsp3) is 0.800. The van der Waals surface area contributed by atoms with E-state index >= 15 is 0 Å². The Bertz CT molecular complexity index is 456. The molecule has 1 saturated heterocycles. The quantitative estimate of drug-likeness (QED) is 0.617. The maximum Gasteiger partial charge on any atom is 0.321 e. The van der Waals surface area contributed by atoms with E-state index in [0.717, 1.165) is 0 Å². The number of rotatable bonds is 4. The molecule has 1 aliphatic rings. The zero-order valence-corrected chi connectivity index (χ0v) is 12.7. The molecule has 0 atom stereocenters. The molecular formula is C10H21N5O4S. The first kappa shape index (κ1) is 16.8. The van der Waals surface area contributed by atoms with Crippen molar-refractivity contribution in [2.75, 3.05) is 53.9 Å². The van der Waals surface area contributed by atoms with E-state index in [1.54, 1.807) is 4.90 Å². The highest BCUT2D eigenvalue weighted by atomic mass is 32.2. The monoisotopic (exact) mass is 307 g/mol. The van der Waals surface area contributed by atoms with Gasteiger partial charge >= 0.3 is 6.03 Å². The number of urea groups is 1. The van der Waals surface area contributed by atoms with Crippen molar-refractivity contribution >= 4 is 22.1 Å². The van der Waals surface area contributed by atoms with Gasteiger partial charge in [0, 0.05) is 47.3 Å². The molecule has 0 bridgehead atoms. The molecule has 3 amide bonds. The molecule has 1 fully saturated rings. The predicted octanol–water partition coefficient (Wildman–Crippen LogP) is -2.13. The highest BCUT2D eigenvalue weighted by Crippen LogP contribution is 2.09. The molecule has 0 radical (unpaired) electrons. The standard InChI is InChI=1S/C10H21N5O4S/c1-11-10(17)12-9(16)8-14-4-6-15(7-5-14)20(18,19)13(2)3/h4-8H2,1-3H3,(H2,11,12,16,17). The van der Waals surface area contributed by atoms with Crippen molar-refractivity contribution in [1.82, 2.24) is 24.1 Å². The van der Waals surface area contributed by atoms with E-state index in [0.29, 0.717) is 26.2 Å². The molecule has 0 aromatic heterocycles. The third-order valence-corrected chi connectivity index (χ3v) is 4.91. The normalized spacial score (nSPS) is 18.0. The van der Waals surface area contributed by atoms with Crippen molar-refractivity contribution in [2.45, 2.75) is 0 Å². The number of nitrogens with zero attached hydrogens (tertiary/aromatic N) is 3. The molecule has 1 rings (SSSR count). The van der Waals surface area contributed by atoms with Gasteiger partial charge in [-0.05, 0) is 0 Å². The zero-order valence-electron chi connectivity index (χ0n) is 11.9. The minimum absolute atomic E-state index is 0.0727. The molecule has 0 unspecified atom stereocenters. The summed E-state index contributed by atoms with van der Waals surface area (Å²) in [4.78, 5) is 24.3. The summed E-state index contributed by atoms with van der Waals surface area (Å²) < 4.78 is 26.3. The predicted molar refractivity (Wildman–Crippen MR) is 73.2 cm³/mol. The summed E-state index contributed by atoms with van der Waals surface area (Å²) in [7, 11) is 0.994. The second kappa shape index (κ2) is 6.97. The van der Waals surface area contributed by atoms with Gasteiger partial charge in [0.05, 0.1) is 6.54 Å². The summed E-state index contributed by atoms with van der Waals surface area (Å²) in [6, 6.07) is -0.552. The maximum atomic E-state index is 11.9. The van der Waals surface area contributed by atoms with Crippen molar-refractivity contribution < 1.29 is 18.0 Å². The first-order valence-electron chi connectivity index (χ1n) is 6.19. The van der Waals surface area contributed by atoms with Crippen molar-refractivity contribution in [3.63, 3.8) is 0 Å². The van der Waals surface area contributed by atoms with Crippen LogP contribution in [0.25, 0.3) is 0 Å². The van der Waals surface area contributed by atoms with Crippen LogP contribution in [0.3, 0.4) is 0 Å². The SMILES string of the molecule is CNC(=O)NC(=O)CN1CCN(S(=O)(=O)N(C)C)CC1. The van der Waals surface area contributed by atoms with E-state index in [9.17, 15) is 18.0 Å². The van der Waals surface area contributed by atoms with Gasteiger partial charge in [-0.2, -0.15) is 17.0 Å². The van der Waals surface area contributed by atoms with Crippen LogP contribution in [0.4, 0.5) is 4.79 Å². The van der Waals surface area contributed by atoms with Gasteiger partial charge in [0.25, 0.3) is 10.2 Å². The molecule has 10 heteroatoms. The fourth-order valence-corrected chi connectivity index (χ4v) is 2.87. The second-order valence-corrected chi connectivity index (χ2v) is 6.74. The third kappa shape index (κ3) is 4.40. The van der Waals surface area contributed by atoms with Crippen LogP contribution in [0.5, 0.6) is 0 Å². The maximum absolute atomic E-state index is 11.9. The lowest BCUT2D eigenvalue weighted by Gasteiger charge is -2.34. The van der Waals surface area contributed by atoms with Gasteiger partial charge in [-0.1, -0.05) is 0 Å². The van der Waals surface area contributed by atoms with Crippen molar-refractivity contribution in [3.8, 4) is 0 Å². The van der Waals surface area contributed by atoms with Crippen LogP contribution in [-0.4, -0.2) is 87.7 Å². The molecule has 20 heavy (non-hydrogen) atoms. The summed E-state index contributed by atoms with van der Waals surface area (Å²) in [6.07, 6.45) is 0. The first-order chi connectivity index (χ1) is 9.27. The molecule has 0 aliphatic carbocycles. The van der Waals surface area contributed by atoms with Gasteiger partial charge in [-0.25, -0.2) is 4.79 Å². The lowest BCUT2D eigenvalue weighted by molar-refractivity contribution is -0.121. The van der Waals surface area contributed by atoms with E-state index in [-0.39, 0.29) is 6.54 Å². The first-order valence-corrected chi connectivity index (χ1v) is 7.58. The smallest absolute Gasteiger partial charge is 0.321 e. The summed E-state index contributed by atoms with van der Waals surface area (Å²) in [5.74, 6) is -0.409. The summed E-state index contributed by atoms with van der Waals surface area (Å²) in [5, 5.41) is 4.46. The molecule has 0 aromatic carbocycles. The number of hydrogen-bond donors (Lipinski definition) is 2. The van der Waals surface area contributed by atoms with Crippen LogP contribution < -0.4 is 10.6 Å². The van der Waals surface area contributed by atoms with Crippen molar-refractivity contribution in [1.29, 1.82) is 0 Å². The highest BCUT2D eigenvalue weighted by Gasteiger charge is 2.29. The van der Waals surface area contributed by atoms with Crippen LogP contribution >= 0.6 is 0 Å². The minimum atomic E-state index is -3.40. The lowest BCUT2D eigenvalue weighted by Crippen LogP contribution is -2.53. The number of hydrogen-bond acceptors (Lipinski definition) is 5. The summed E-state index contributed by atoms with van der Waals surface area (Å²) in [5.41, 5.74) is 0. The molecule has 0 aromatic rings. The number of amides is 3. The van der Waals surface area contributed by atoms with Gasteiger partial charge in [-0.3, -0.25) is 15.0 Å². The zero-order chi connectivity index (χ0) is 15.3. The van der Waals surface area contributed by atoms with Crippen LogP contribution in [0, 0.1) is 0 Å². The second-order valence-electron chi connectivity index (χ2n) is 4.59. The van der Waals surface area contributed by atoms with Gasteiger partial charge in [0.1, 0.15) is 0 Å².